The lowest BCUT2D eigenvalue weighted by Crippen LogP contribution is -2.42. The van der Waals surface area contributed by atoms with Gasteiger partial charge < -0.3 is 25.0 Å². The van der Waals surface area contributed by atoms with Gasteiger partial charge in [-0.2, -0.15) is 0 Å². The zero-order chi connectivity index (χ0) is 23.4. The maximum atomic E-state index is 13.1. The van der Waals surface area contributed by atoms with Crippen LogP contribution in [0.2, 0.25) is 0 Å². The van der Waals surface area contributed by atoms with Gasteiger partial charge in [-0.15, -0.1) is 0 Å². The summed E-state index contributed by atoms with van der Waals surface area (Å²) in [5.41, 5.74) is 3.39. The summed E-state index contributed by atoms with van der Waals surface area (Å²) in [4.78, 5) is 34.3. The Morgan fingerprint density at radius 1 is 1.18 bits per heavy atom. The van der Waals surface area contributed by atoms with E-state index in [1.165, 1.54) is 0 Å². The Kier molecular flexibility index (Phi) is 6.86. The third-order valence-corrected chi connectivity index (χ3v) is 5.69. The third-order valence-electron chi connectivity index (χ3n) is 5.69. The monoisotopic (exact) mass is 448 g/mol. The topological polar surface area (TPSA) is 95.0 Å². The highest BCUT2D eigenvalue weighted by atomic mass is 16.5. The number of para-hydroxylation sites is 1. The second-order valence-corrected chi connectivity index (χ2v) is 8.14. The molecule has 1 atom stereocenters. The van der Waals surface area contributed by atoms with E-state index in [2.05, 4.69) is 5.32 Å². The van der Waals surface area contributed by atoms with Gasteiger partial charge in [0.15, 0.2) is 0 Å². The van der Waals surface area contributed by atoms with Crippen LogP contribution in [0.1, 0.15) is 32.5 Å². The molecule has 1 aliphatic rings. The van der Waals surface area contributed by atoms with E-state index in [4.69, 9.17) is 14.8 Å². The van der Waals surface area contributed by atoms with Crippen LogP contribution in [-0.2, 0) is 4.74 Å². The molecule has 0 aliphatic carbocycles. The van der Waals surface area contributed by atoms with E-state index in [0.29, 0.717) is 42.0 Å². The average Bonchev–Trinajstić information content (AvgIpc) is 2.86. The molecule has 0 saturated carbocycles. The number of rotatable bonds is 6. The number of ether oxygens (including phenoxy) is 1. The smallest absolute Gasteiger partial charge is 0.254 e. The number of hydrogen-bond donors (Lipinski definition) is 2. The van der Waals surface area contributed by atoms with E-state index in [9.17, 15) is 9.59 Å². The summed E-state index contributed by atoms with van der Waals surface area (Å²) in [5.74, 6) is -0.344. The zero-order valence-electron chi connectivity index (χ0n) is 18.8. The van der Waals surface area contributed by atoms with Crippen molar-refractivity contribution in [1.82, 2.24) is 15.2 Å². The summed E-state index contributed by atoms with van der Waals surface area (Å²) in [6.07, 6.45) is -0.447. The fourth-order valence-electron chi connectivity index (χ4n) is 3.91. The molecule has 2 heterocycles. The first-order valence-corrected chi connectivity index (χ1v) is 10.9. The Balaban J connectivity index is 1.59. The van der Waals surface area contributed by atoms with Crippen molar-refractivity contribution >= 4 is 28.4 Å². The molecule has 172 valence electrons. The largest absolute Gasteiger partial charge is 0.395 e. The predicted molar refractivity (Wildman–Crippen MR) is 127 cm³/mol. The molecule has 2 amide bonds. The van der Waals surface area contributed by atoms with E-state index in [0.717, 1.165) is 11.1 Å². The molecule has 2 N–H and O–H groups in total. The quantitative estimate of drug-likeness (QED) is 0.601. The molecule has 2 aromatic carbocycles. The summed E-state index contributed by atoms with van der Waals surface area (Å²) in [6, 6.07) is 16.6. The Bertz CT molecular complexity index is 1150. The van der Waals surface area contributed by atoms with Gasteiger partial charge in [0.1, 0.15) is 6.10 Å². The molecule has 33 heavy (non-hydrogen) atoms. The van der Waals surface area contributed by atoms with Gasteiger partial charge in [-0.3, -0.25) is 9.59 Å². The van der Waals surface area contributed by atoms with Crippen LogP contribution in [0.15, 0.2) is 54.6 Å². The van der Waals surface area contributed by atoms with E-state index in [-0.39, 0.29) is 25.0 Å². The Hall–Kier alpha value is -3.49. The summed E-state index contributed by atoms with van der Waals surface area (Å²) < 4.78 is 5.96. The second kappa shape index (κ2) is 9.97. The van der Waals surface area contributed by atoms with Gasteiger partial charge in [-0.25, -0.2) is 4.98 Å². The first-order chi connectivity index (χ1) is 16.0. The van der Waals surface area contributed by atoms with Gasteiger partial charge in [0.2, 0.25) is 0 Å². The first kappa shape index (κ1) is 22.7. The number of hydrogen-bond acceptors (Lipinski definition) is 6. The van der Waals surface area contributed by atoms with Crippen molar-refractivity contribution in [3.05, 3.63) is 71.4 Å². The maximum absolute atomic E-state index is 13.1. The molecule has 3 aromatic rings. The average molecular weight is 449 g/mol. The number of morpholine rings is 1. The molecule has 1 fully saturated rings. The van der Waals surface area contributed by atoms with E-state index < -0.39 is 6.10 Å². The number of amides is 2. The Morgan fingerprint density at radius 2 is 1.94 bits per heavy atom. The summed E-state index contributed by atoms with van der Waals surface area (Å²) in [7, 11) is 3.91. The molecule has 0 unspecified atom stereocenters. The molecule has 8 heteroatoms. The van der Waals surface area contributed by atoms with Crippen molar-refractivity contribution in [3.63, 3.8) is 0 Å². The number of benzene rings is 2. The number of nitrogens with zero attached hydrogens (tertiary/aromatic N) is 3. The van der Waals surface area contributed by atoms with Gasteiger partial charge in [-0.05, 0) is 36.4 Å². The lowest BCUT2D eigenvalue weighted by Gasteiger charge is -2.33. The van der Waals surface area contributed by atoms with E-state index in [1.807, 2.05) is 67.5 Å². The number of nitrogens with one attached hydrogen (secondary N) is 1. The van der Waals surface area contributed by atoms with E-state index >= 15 is 0 Å². The molecule has 8 nitrogen and oxygen atoms in total. The van der Waals surface area contributed by atoms with Gasteiger partial charge in [-0.1, -0.05) is 18.2 Å². The second-order valence-electron chi connectivity index (χ2n) is 8.14. The number of aliphatic hydroxyl groups is 1. The number of aliphatic hydroxyl groups excluding tert-OH is 1. The van der Waals surface area contributed by atoms with Crippen molar-refractivity contribution < 1.29 is 19.4 Å². The van der Waals surface area contributed by atoms with Crippen molar-refractivity contribution in [2.75, 3.05) is 51.8 Å². The Labute approximate surface area is 192 Å². The van der Waals surface area contributed by atoms with Crippen molar-refractivity contribution in [2.24, 2.45) is 0 Å². The molecule has 0 spiro atoms. The minimum absolute atomic E-state index is 0.0599. The van der Waals surface area contributed by atoms with Gasteiger partial charge in [0, 0.05) is 43.8 Å². The number of fused-ring (bicyclic) bond motifs is 1. The van der Waals surface area contributed by atoms with Crippen LogP contribution in [0.25, 0.3) is 10.9 Å². The third kappa shape index (κ3) is 4.97. The molecule has 4 rings (SSSR count). The standard InChI is InChI=1S/C25H28N4O4/c1-28(2)18-9-7-17(8-10-18)25(32)29-12-14-33-23(16-29)22-15-20(24(31)26-11-13-30)19-5-3-4-6-21(19)27-22/h3-10,15,23,30H,11-14,16H2,1-2H3,(H,26,31)/t23-/m0/s1. The number of aromatic nitrogens is 1. The summed E-state index contributed by atoms with van der Waals surface area (Å²) >= 11 is 0. The van der Waals surface area contributed by atoms with Crippen LogP contribution >= 0.6 is 0 Å². The fraction of sp³-hybridized carbons (Fsp3) is 0.320. The van der Waals surface area contributed by atoms with Crippen LogP contribution < -0.4 is 10.2 Å². The summed E-state index contributed by atoms with van der Waals surface area (Å²) in [6.45, 7) is 1.24. The van der Waals surface area contributed by atoms with Gasteiger partial charge in [0.05, 0.1) is 36.5 Å². The molecule has 1 saturated heterocycles. The van der Waals surface area contributed by atoms with Crippen molar-refractivity contribution in [3.8, 4) is 0 Å². The fourth-order valence-corrected chi connectivity index (χ4v) is 3.91. The molecular formula is C25H28N4O4. The number of anilines is 1. The minimum atomic E-state index is -0.447. The molecule has 0 bridgehead atoms. The highest BCUT2D eigenvalue weighted by Gasteiger charge is 2.28. The number of pyridine rings is 1. The predicted octanol–water partition coefficient (Wildman–Crippen LogP) is 2.24. The number of carbonyl (C=O) groups excluding carboxylic acids is 2. The SMILES string of the molecule is CN(C)c1ccc(C(=O)N2CCO[C@H](c3cc(C(=O)NCCO)c4ccccc4n3)C2)cc1. The zero-order valence-corrected chi connectivity index (χ0v) is 18.8. The first-order valence-electron chi connectivity index (χ1n) is 10.9. The van der Waals surface area contributed by atoms with Crippen LogP contribution in [0, 0.1) is 0 Å². The highest BCUT2D eigenvalue weighted by molar-refractivity contribution is 6.06. The Morgan fingerprint density at radius 3 is 2.67 bits per heavy atom. The maximum Gasteiger partial charge on any atom is 0.254 e. The van der Waals surface area contributed by atoms with Crippen LogP contribution in [0.5, 0.6) is 0 Å². The normalized spacial score (nSPS) is 16.0. The molecule has 1 aromatic heterocycles. The van der Waals surface area contributed by atoms with Gasteiger partial charge in [0.25, 0.3) is 11.8 Å². The molecule has 1 aliphatic heterocycles. The highest BCUT2D eigenvalue weighted by Crippen LogP contribution is 2.27. The van der Waals surface area contributed by atoms with Crippen LogP contribution in [-0.4, -0.2) is 73.7 Å². The lowest BCUT2D eigenvalue weighted by molar-refractivity contribution is -0.0246. The van der Waals surface area contributed by atoms with Crippen LogP contribution in [0.4, 0.5) is 5.69 Å². The molecule has 0 radical (unpaired) electrons. The minimum Gasteiger partial charge on any atom is -0.395 e. The van der Waals surface area contributed by atoms with Crippen LogP contribution in [0.3, 0.4) is 0 Å². The summed E-state index contributed by atoms with van der Waals surface area (Å²) in [5, 5.41) is 12.5. The molecular weight excluding hydrogens is 420 g/mol. The van der Waals surface area contributed by atoms with E-state index in [1.54, 1.807) is 11.0 Å². The van der Waals surface area contributed by atoms with Crippen molar-refractivity contribution in [1.29, 1.82) is 0 Å². The van der Waals surface area contributed by atoms with Gasteiger partial charge >= 0.3 is 0 Å². The lowest BCUT2D eigenvalue weighted by atomic mass is 10.0. The van der Waals surface area contributed by atoms with Crippen molar-refractivity contribution in [2.45, 2.75) is 6.10 Å². The number of carbonyl (C=O) groups is 2.